The molecule has 3 aromatic rings. The predicted molar refractivity (Wildman–Crippen MR) is 97.1 cm³/mol. The first-order valence-corrected chi connectivity index (χ1v) is 8.42. The fraction of sp³-hybridized carbons (Fsp3) is 0.158. The van der Waals surface area contributed by atoms with E-state index in [1.165, 1.54) is 10.7 Å². The molecule has 0 amide bonds. The largest absolute Gasteiger partial charge is 0.278 e. The molecule has 0 fully saturated rings. The fourth-order valence-electron chi connectivity index (χ4n) is 2.72. The Labute approximate surface area is 155 Å². The molecule has 0 N–H and O–H groups in total. The fourth-order valence-corrected chi connectivity index (χ4v) is 3.08. The molecule has 2 aromatic carbocycles. The van der Waals surface area contributed by atoms with Crippen molar-refractivity contribution in [3.8, 4) is 0 Å². The van der Waals surface area contributed by atoms with Crippen molar-refractivity contribution in [2.24, 2.45) is 0 Å². The maximum Gasteiger partial charge on any atom is 0.278 e. The number of nitrogens with zero attached hydrogens (tertiary/aromatic N) is 2. The Morgan fingerprint density at radius 3 is 2.40 bits per heavy atom. The smallest absolute Gasteiger partial charge is 0.267 e. The molecule has 3 rings (SSSR count). The number of aromatic nitrogens is 2. The van der Waals surface area contributed by atoms with Gasteiger partial charge >= 0.3 is 0 Å². The van der Waals surface area contributed by atoms with Crippen LogP contribution in [0.1, 0.15) is 32.9 Å². The van der Waals surface area contributed by atoms with Crippen molar-refractivity contribution in [2.45, 2.75) is 20.3 Å². The normalized spacial score (nSPS) is 10.9. The minimum absolute atomic E-state index is 0.261. The van der Waals surface area contributed by atoms with E-state index in [2.05, 4.69) is 5.10 Å². The first-order chi connectivity index (χ1) is 11.9. The van der Waals surface area contributed by atoms with E-state index in [1.807, 2.05) is 0 Å². The zero-order valence-corrected chi connectivity index (χ0v) is 15.2. The Morgan fingerprint density at radius 1 is 1.08 bits per heavy atom. The molecule has 128 valence electrons. The van der Waals surface area contributed by atoms with Gasteiger partial charge in [-0.3, -0.25) is 4.79 Å². The van der Waals surface area contributed by atoms with E-state index < -0.39 is 0 Å². The lowest BCUT2D eigenvalue weighted by molar-refractivity contribution is 0.0942. The number of halogens is 3. The standard InChI is InChI=1S/C19H15Cl2FN2O/c1-11-15(10-16-17(21)4-3-5-18(16)22)12(2)24(23-11)19(25)13-6-8-14(20)9-7-13/h3-9H,10H2,1-2H3. The van der Waals surface area contributed by atoms with Gasteiger partial charge in [0.2, 0.25) is 0 Å². The molecular formula is C19H15Cl2FN2O. The van der Waals surface area contributed by atoms with Crippen LogP contribution < -0.4 is 0 Å². The van der Waals surface area contributed by atoms with Gasteiger partial charge in [-0.05, 0) is 50.2 Å². The van der Waals surface area contributed by atoms with Crippen LogP contribution in [0, 0.1) is 19.7 Å². The summed E-state index contributed by atoms with van der Waals surface area (Å²) in [4.78, 5) is 12.7. The molecule has 0 bridgehead atoms. The lowest BCUT2D eigenvalue weighted by Crippen LogP contribution is -2.15. The summed E-state index contributed by atoms with van der Waals surface area (Å²) >= 11 is 12.0. The molecule has 0 radical (unpaired) electrons. The van der Waals surface area contributed by atoms with Gasteiger partial charge in [0.05, 0.1) is 5.69 Å². The maximum atomic E-state index is 14.1. The second-order valence-electron chi connectivity index (χ2n) is 5.75. The second kappa shape index (κ2) is 6.98. The molecule has 0 aliphatic rings. The molecule has 0 saturated heterocycles. The van der Waals surface area contributed by atoms with E-state index in [0.29, 0.717) is 32.6 Å². The van der Waals surface area contributed by atoms with Gasteiger partial charge in [0.15, 0.2) is 0 Å². The highest BCUT2D eigenvalue weighted by atomic mass is 35.5. The average molecular weight is 377 g/mol. The summed E-state index contributed by atoms with van der Waals surface area (Å²) in [5.74, 6) is -0.633. The molecule has 0 aliphatic carbocycles. The van der Waals surface area contributed by atoms with E-state index in [-0.39, 0.29) is 18.1 Å². The Morgan fingerprint density at radius 2 is 1.76 bits per heavy atom. The number of rotatable bonds is 3. The quantitative estimate of drug-likeness (QED) is 0.627. The van der Waals surface area contributed by atoms with Gasteiger partial charge in [0, 0.05) is 38.9 Å². The Bertz CT molecular complexity index is 929. The highest BCUT2D eigenvalue weighted by Gasteiger charge is 2.20. The molecule has 6 heteroatoms. The van der Waals surface area contributed by atoms with E-state index in [0.717, 1.165) is 5.56 Å². The van der Waals surface area contributed by atoms with Gasteiger partial charge in [0.25, 0.3) is 5.91 Å². The van der Waals surface area contributed by atoms with Gasteiger partial charge in [-0.1, -0.05) is 29.3 Å². The predicted octanol–water partition coefficient (Wildman–Crippen LogP) is 5.23. The summed E-state index contributed by atoms with van der Waals surface area (Å²) in [5.41, 5.74) is 2.99. The minimum atomic E-state index is -0.372. The molecule has 1 heterocycles. The van der Waals surface area contributed by atoms with E-state index in [1.54, 1.807) is 50.2 Å². The van der Waals surface area contributed by atoms with Crippen molar-refractivity contribution in [2.75, 3.05) is 0 Å². The van der Waals surface area contributed by atoms with E-state index in [4.69, 9.17) is 23.2 Å². The van der Waals surface area contributed by atoms with E-state index >= 15 is 0 Å². The van der Waals surface area contributed by atoms with Crippen molar-refractivity contribution in [1.29, 1.82) is 0 Å². The molecular weight excluding hydrogens is 362 g/mol. The number of hydrogen-bond acceptors (Lipinski definition) is 2. The minimum Gasteiger partial charge on any atom is -0.267 e. The van der Waals surface area contributed by atoms with Crippen molar-refractivity contribution in [3.63, 3.8) is 0 Å². The van der Waals surface area contributed by atoms with Crippen molar-refractivity contribution < 1.29 is 9.18 Å². The van der Waals surface area contributed by atoms with Crippen LogP contribution in [0.3, 0.4) is 0 Å². The second-order valence-corrected chi connectivity index (χ2v) is 6.59. The number of benzene rings is 2. The first kappa shape index (κ1) is 17.6. The monoisotopic (exact) mass is 376 g/mol. The van der Waals surface area contributed by atoms with Crippen LogP contribution in [0.15, 0.2) is 42.5 Å². The Balaban J connectivity index is 1.99. The summed E-state index contributed by atoms with van der Waals surface area (Å²) in [7, 11) is 0. The van der Waals surface area contributed by atoms with Gasteiger partial charge in [-0.15, -0.1) is 0 Å². The van der Waals surface area contributed by atoms with Crippen LogP contribution in [0.2, 0.25) is 10.0 Å². The molecule has 0 saturated carbocycles. The molecule has 0 unspecified atom stereocenters. The van der Waals surface area contributed by atoms with Crippen LogP contribution >= 0.6 is 23.2 Å². The van der Waals surface area contributed by atoms with Crippen LogP contribution in [0.5, 0.6) is 0 Å². The Hall–Kier alpha value is -2.17. The highest BCUT2D eigenvalue weighted by molar-refractivity contribution is 6.31. The number of hydrogen-bond donors (Lipinski definition) is 0. The zero-order chi connectivity index (χ0) is 18.1. The van der Waals surface area contributed by atoms with Crippen LogP contribution in [-0.2, 0) is 6.42 Å². The third-order valence-electron chi connectivity index (χ3n) is 4.14. The molecule has 25 heavy (non-hydrogen) atoms. The maximum absolute atomic E-state index is 14.1. The van der Waals surface area contributed by atoms with Crippen LogP contribution in [0.25, 0.3) is 0 Å². The van der Waals surface area contributed by atoms with Gasteiger partial charge < -0.3 is 0 Å². The zero-order valence-electron chi connectivity index (χ0n) is 13.7. The van der Waals surface area contributed by atoms with Crippen LogP contribution in [-0.4, -0.2) is 15.7 Å². The van der Waals surface area contributed by atoms with E-state index in [9.17, 15) is 9.18 Å². The summed E-state index contributed by atoms with van der Waals surface area (Å²) in [6.45, 7) is 3.58. The molecule has 0 spiro atoms. The number of aryl methyl sites for hydroxylation is 1. The topological polar surface area (TPSA) is 34.9 Å². The Kier molecular flexibility index (Phi) is 4.93. The lowest BCUT2D eigenvalue weighted by Gasteiger charge is -2.07. The molecule has 3 nitrogen and oxygen atoms in total. The van der Waals surface area contributed by atoms with Crippen molar-refractivity contribution in [3.05, 3.63) is 86.4 Å². The van der Waals surface area contributed by atoms with Crippen molar-refractivity contribution in [1.82, 2.24) is 9.78 Å². The SMILES string of the molecule is Cc1nn(C(=O)c2ccc(Cl)cc2)c(C)c1Cc1c(F)cccc1Cl. The summed E-state index contributed by atoms with van der Waals surface area (Å²) < 4.78 is 15.4. The lowest BCUT2D eigenvalue weighted by atomic mass is 10.0. The third kappa shape index (κ3) is 3.46. The average Bonchev–Trinajstić information content (AvgIpc) is 2.86. The molecule has 1 aromatic heterocycles. The summed E-state index contributed by atoms with van der Waals surface area (Å²) in [6.07, 6.45) is 0.275. The van der Waals surface area contributed by atoms with Crippen molar-refractivity contribution >= 4 is 29.1 Å². The molecule has 0 atom stereocenters. The number of carbonyl (C=O) groups is 1. The highest BCUT2D eigenvalue weighted by Crippen LogP contribution is 2.25. The van der Waals surface area contributed by atoms with Crippen LogP contribution in [0.4, 0.5) is 4.39 Å². The molecule has 0 aliphatic heterocycles. The van der Waals surface area contributed by atoms with Gasteiger partial charge in [-0.2, -0.15) is 5.10 Å². The third-order valence-corrected chi connectivity index (χ3v) is 4.75. The summed E-state index contributed by atoms with van der Waals surface area (Å²) in [6, 6.07) is 11.2. The van der Waals surface area contributed by atoms with Gasteiger partial charge in [-0.25, -0.2) is 9.07 Å². The first-order valence-electron chi connectivity index (χ1n) is 7.66. The summed E-state index contributed by atoms with van der Waals surface area (Å²) in [5, 5.41) is 5.25. The van der Waals surface area contributed by atoms with Gasteiger partial charge in [0.1, 0.15) is 5.82 Å². The number of carbonyl (C=O) groups excluding carboxylic acids is 1.